The average Bonchev–Trinajstić information content (AvgIpc) is 3.04. The predicted molar refractivity (Wildman–Crippen MR) is 96.9 cm³/mol. The summed E-state index contributed by atoms with van der Waals surface area (Å²) in [6.07, 6.45) is 1.46. The van der Waals surface area contributed by atoms with E-state index in [-0.39, 0.29) is 11.9 Å². The van der Waals surface area contributed by atoms with Crippen molar-refractivity contribution in [3.8, 4) is 5.75 Å². The Kier molecular flexibility index (Phi) is 5.56. The molecular weight excluding hydrogens is 332 g/mol. The van der Waals surface area contributed by atoms with Gasteiger partial charge in [0.25, 0.3) is 0 Å². The van der Waals surface area contributed by atoms with Crippen molar-refractivity contribution < 1.29 is 14.6 Å². The number of carbonyl (C=O) groups is 1. The number of rotatable bonds is 7. The van der Waals surface area contributed by atoms with Crippen LogP contribution in [0.2, 0.25) is 0 Å². The topological polar surface area (TPSA) is 80.5 Å². The summed E-state index contributed by atoms with van der Waals surface area (Å²) in [6.45, 7) is 7.56. The van der Waals surface area contributed by atoms with Gasteiger partial charge in [0.05, 0.1) is 31.4 Å². The fourth-order valence-corrected chi connectivity index (χ4v) is 2.85. The van der Waals surface area contributed by atoms with Crippen molar-refractivity contribution in [1.29, 1.82) is 0 Å². The van der Waals surface area contributed by atoms with E-state index in [1.54, 1.807) is 22.7 Å². The molecule has 1 aliphatic rings. The van der Waals surface area contributed by atoms with E-state index in [0.29, 0.717) is 37.7 Å². The molecular formula is C19H26N4O3. The molecule has 140 valence electrons. The number of ether oxygens (including phenoxy) is 1. The lowest BCUT2D eigenvalue weighted by molar-refractivity contribution is -0.137. The Morgan fingerprint density at radius 2 is 1.96 bits per heavy atom. The van der Waals surface area contributed by atoms with E-state index in [4.69, 9.17) is 4.74 Å². The monoisotopic (exact) mass is 358 g/mol. The highest BCUT2D eigenvalue weighted by Gasteiger charge is 2.32. The zero-order valence-corrected chi connectivity index (χ0v) is 15.5. The quantitative estimate of drug-likeness (QED) is 0.821. The molecule has 0 spiro atoms. The van der Waals surface area contributed by atoms with Crippen molar-refractivity contribution in [3.63, 3.8) is 0 Å². The molecule has 2 aromatic rings. The molecule has 1 aromatic heterocycles. The molecule has 1 aromatic carbocycles. The molecule has 0 radical (unpaired) electrons. The van der Waals surface area contributed by atoms with E-state index in [9.17, 15) is 9.90 Å². The maximum atomic E-state index is 12.2. The van der Waals surface area contributed by atoms with Crippen LogP contribution in [0.25, 0.3) is 0 Å². The van der Waals surface area contributed by atoms with Gasteiger partial charge in [0.15, 0.2) is 0 Å². The first-order valence-corrected chi connectivity index (χ1v) is 9.04. The molecule has 1 aliphatic heterocycles. The minimum atomic E-state index is -0.631. The number of nitrogens with zero attached hydrogens (tertiary/aromatic N) is 4. The number of carbonyl (C=O) groups excluding carboxylic acids is 1. The molecule has 7 heteroatoms. The van der Waals surface area contributed by atoms with Crippen molar-refractivity contribution in [2.75, 3.05) is 19.7 Å². The summed E-state index contributed by atoms with van der Waals surface area (Å²) in [4.78, 5) is 14.0. The first-order valence-electron chi connectivity index (χ1n) is 9.04. The second-order valence-corrected chi connectivity index (χ2v) is 7.07. The summed E-state index contributed by atoms with van der Waals surface area (Å²) in [5.74, 6) is 1.36. The highest BCUT2D eigenvalue weighted by Crippen LogP contribution is 2.22. The van der Waals surface area contributed by atoms with Crippen LogP contribution in [-0.2, 0) is 4.79 Å². The molecule has 1 amide bonds. The van der Waals surface area contributed by atoms with Gasteiger partial charge in [-0.25, -0.2) is 4.68 Å². The molecule has 1 N–H and O–H groups in total. The minimum Gasteiger partial charge on any atom is -0.493 e. The number of aromatic nitrogens is 3. The van der Waals surface area contributed by atoms with E-state index < -0.39 is 6.10 Å². The third-order valence-corrected chi connectivity index (χ3v) is 4.68. The zero-order valence-electron chi connectivity index (χ0n) is 15.5. The van der Waals surface area contributed by atoms with Crippen LogP contribution in [0.4, 0.5) is 0 Å². The lowest BCUT2D eigenvalue weighted by Crippen LogP contribution is -2.51. The van der Waals surface area contributed by atoms with Gasteiger partial charge in [-0.3, -0.25) is 4.79 Å². The Morgan fingerprint density at radius 1 is 1.27 bits per heavy atom. The standard InChI is InChI=1S/C19H26N4O3/c1-13(2)15-4-6-17(7-5-15)26-9-8-19(25)22-10-16(11-22)23-12-18(14(3)24)20-21-23/h4-7,12-14,16,24H,8-11H2,1-3H3. The fraction of sp³-hybridized carbons (Fsp3) is 0.526. The molecule has 26 heavy (non-hydrogen) atoms. The molecule has 7 nitrogen and oxygen atoms in total. The van der Waals surface area contributed by atoms with Crippen LogP contribution in [0.15, 0.2) is 30.5 Å². The van der Waals surface area contributed by atoms with Gasteiger partial charge in [-0.15, -0.1) is 5.10 Å². The molecule has 1 atom stereocenters. The van der Waals surface area contributed by atoms with E-state index in [1.807, 2.05) is 12.1 Å². The number of aliphatic hydroxyl groups excluding tert-OH is 1. The van der Waals surface area contributed by atoms with Gasteiger partial charge in [0, 0.05) is 13.1 Å². The van der Waals surface area contributed by atoms with Gasteiger partial charge in [-0.2, -0.15) is 0 Å². The Morgan fingerprint density at radius 3 is 2.54 bits per heavy atom. The lowest BCUT2D eigenvalue weighted by Gasteiger charge is -2.38. The van der Waals surface area contributed by atoms with Crippen molar-refractivity contribution in [1.82, 2.24) is 19.9 Å². The number of hydrogen-bond donors (Lipinski definition) is 1. The van der Waals surface area contributed by atoms with Crippen LogP contribution in [0.1, 0.15) is 56.5 Å². The van der Waals surface area contributed by atoms with Crippen LogP contribution < -0.4 is 4.74 Å². The van der Waals surface area contributed by atoms with Crippen LogP contribution in [0, 0.1) is 0 Å². The fourth-order valence-electron chi connectivity index (χ4n) is 2.85. The predicted octanol–water partition coefficient (Wildman–Crippen LogP) is 2.31. The second-order valence-electron chi connectivity index (χ2n) is 7.07. The van der Waals surface area contributed by atoms with Crippen LogP contribution in [-0.4, -0.2) is 50.6 Å². The number of hydrogen-bond acceptors (Lipinski definition) is 5. The first kappa shape index (κ1) is 18.4. The van der Waals surface area contributed by atoms with E-state index in [1.165, 1.54) is 5.56 Å². The number of likely N-dealkylation sites (tertiary alicyclic amines) is 1. The Labute approximate surface area is 153 Å². The first-order chi connectivity index (χ1) is 12.4. The van der Waals surface area contributed by atoms with Crippen molar-refractivity contribution in [2.45, 2.75) is 45.3 Å². The molecule has 1 unspecified atom stereocenters. The Bertz CT molecular complexity index is 733. The van der Waals surface area contributed by atoms with E-state index in [2.05, 4.69) is 36.3 Å². The Hall–Kier alpha value is -2.41. The number of amides is 1. The number of benzene rings is 1. The third kappa shape index (κ3) is 4.22. The maximum Gasteiger partial charge on any atom is 0.226 e. The van der Waals surface area contributed by atoms with Gasteiger partial charge in [0.1, 0.15) is 11.4 Å². The molecule has 0 aliphatic carbocycles. The molecule has 2 heterocycles. The molecule has 1 fully saturated rings. The largest absolute Gasteiger partial charge is 0.493 e. The normalized spacial score (nSPS) is 15.8. The van der Waals surface area contributed by atoms with E-state index >= 15 is 0 Å². The van der Waals surface area contributed by atoms with Crippen molar-refractivity contribution in [2.24, 2.45) is 0 Å². The van der Waals surface area contributed by atoms with Crippen LogP contribution in [0.5, 0.6) is 5.75 Å². The van der Waals surface area contributed by atoms with Crippen LogP contribution >= 0.6 is 0 Å². The summed E-state index contributed by atoms with van der Waals surface area (Å²) in [5.41, 5.74) is 1.82. The molecule has 1 saturated heterocycles. The summed E-state index contributed by atoms with van der Waals surface area (Å²) < 4.78 is 7.39. The van der Waals surface area contributed by atoms with Gasteiger partial charge in [0.2, 0.25) is 5.91 Å². The van der Waals surface area contributed by atoms with Gasteiger partial charge < -0.3 is 14.7 Å². The number of aliphatic hydroxyl groups is 1. The van der Waals surface area contributed by atoms with Crippen LogP contribution in [0.3, 0.4) is 0 Å². The second kappa shape index (κ2) is 7.86. The molecule has 0 bridgehead atoms. The average molecular weight is 358 g/mol. The highest BCUT2D eigenvalue weighted by molar-refractivity contribution is 5.77. The Balaban J connectivity index is 1.39. The third-order valence-electron chi connectivity index (χ3n) is 4.68. The summed E-state index contributed by atoms with van der Waals surface area (Å²) >= 11 is 0. The van der Waals surface area contributed by atoms with Gasteiger partial charge in [-0.1, -0.05) is 31.2 Å². The summed E-state index contributed by atoms with van der Waals surface area (Å²) in [6, 6.07) is 8.14. The van der Waals surface area contributed by atoms with Crippen molar-refractivity contribution >= 4 is 5.91 Å². The molecule has 0 saturated carbocycles. The smallest absolute Gasteiger partial charge is 0.226 e. The summed E-state index contributed by atoms with van der Waals surface area (Å²) in [7, 11) is 0. The SMILES string of the molecule is CC(C)c1ccc(OCCC(=O)N2CC(n3cc(C(C)O)nn3)C2)cc1. The maximum absolute atomic E-state index is 12.2. The highest BCUT2D eigenvalue weighted by atomic mass is 16.5. The lowest BCUT2D eigenvalue weighted by atomic mass is 10.0. The molecule has 3 rings (SSSR count). The van der Waals surface area contributed by atoms with Gasteiger partial charge >= 0.3 is 0 Å². The van der Waals surface area contributed by atoms with E-state index in [0.717, 1.165) is 5.75 Å². The minimum absolute atomic E-state index is 0.0796. The van der Waals surface area contributed by atoms with Crippen molar-refractivity contribution in [3.05, 3.63) is 41.7 Å². The summed E-state index contributed by atoms with van der Waals surface area (Å²) in [5, 5.41) is 17.4. The van der Waals surface area contributed by atoms with Gasteiger partial charge in [-0.05, 0) is 30.5 Å². The zero-order chi connectivity index (χ0) is 18.7.